The van der Waals surface area contributed by atoms with Crippen molar-refractivity contribution in [2.45, 2.75) is 13.8 Å². The van der Waals surface area contributed by atoms with Crippen LogP contribution in [-0.2, 0) is 4.79 Å². The molecule has 0 amide bonds. The Morgan fingerprint density at radius 3 is 2.36 bits per heavy atom. The van der Waals surface area contributed by atoms with Gasteiger partial charge in [-0.1, -0.05) is 6.58 Å². The number of aliphatic imine (C=N–C) groups is 1. The summed E-state index contributed by atoms with van der Waals surface area (Å²) < 4.78 is 0. The SMILES string of the molecule is C=C(C)C(=O)O.CCN1CCN=C1O. The second kappa shape index (κ2) is 6.01. The largest absolute Gasteiger partial charge is 0.481 e. The molecule has 5 nitrogen and oxygen atoms in total. The fourth-order valence-corrected chi connectivity index (χ4v) is 0.770. The molecule has 0 saturated heterocycles. The Bertz CT molecular complexity index is 236. The van der Waals surface area contributed by atoms with E-state index in [0.29, 0.717) is 0 Å². The van der Waals surface area contributed by atoms with Crippen LogP contribution in [0.4, 0.5) is 0 Å². The fraction of sp³-hybridized carbons (Fsp3) is 0.556. The van der Waals surface area contributed by atoms with Crippen LogP contribution in [0, 0.1) is 0 Å². The van der Waals surface area contributed by atoms with Gasteiger partial charge in [-0.3, -0.25) is 0 Å². The van der Waals surface area contributed by atoms with Gasteiger partial charge in [0, 0.05) is 18.7 Å². The number of amidine groups is 1. The summed E-state index contributed by atoms with van der Waals surface area (Å²) in [5, 5.41) is 16.8. The molecule has 1 rings (SSSR count). The molecule has 0 aliphatic carbocycles. The van der Waals surface area contributed by atoms with E-state index < -0.39 is 5.97 Å². The summed E-state index contributed by atoms with van der Waals surface area (Å²) in [6.07, 6.45) is 0. The molecule has 1 aliphatic heterocycles. The second-order valence-corrected chi connectivity index (χ2v) is 2.85. The van der Waals surface area contributed by atoms with Gasteiger partial charge in [-0.25, -0.2) is 9.79 Å². The van der Waals surface area contributed by atoms with Crippen LogP contribution in [-0.4, -0.2) is 46.7 Å². The smallest absolute Gasteiger partial charge is 0.330 e. The van der Waals surface area contributed by atoms with Gasteiger partial charge in [-0.05, 0) is 13.8 Å². The number of aliphatic hydroxyl groups is 1. The van der Waals surface area contributed by atoms with Crippen molar-refractivity contribution < 1.29 is 15.0 Å². The van der Waals surface area contributed by atoms with Crippen molar-refractivity contribution in [1.29, 1.82) is 0 Å². The maximum absolute atomic E-state index is 9.60. The summed E-state index contributed by atoms with van der Waals surface area (Å²) in [5.41, 5.74) is 0.176. The minimum absolute atomic E-state index is 0.176. The van der Waals surface area contributed by atoms with Crippen LogP contribution in [0.1, 0.15) is 13.8 Å². The summed E-state index contributed by atoms with van der Waals surface area (Å²) >= 11 is 0. The van der Waals surface area contributed by atoms with Crippen molar-refractivity contribution in [2.75, 3.05) is 19.6 Å². The van der Waals surface area contributed by atoms with Crippen molar-refractivity contribution in [3.8, 4) is 0 Å². The maximum atomic E-state index is 9.60. The zero-order valence-corrected chi connectivity index (χ0v) is 8.53. The average molecular weight is 200 g/mol. The number of hydrogen-bond donors (Lipinski definition) is 2. The zero-order valence-electron chi connectivity index (χ0n) is 8.53. The van der Waals surface area contributed by atoms with Crippen LogP contribution >= 0.6 is 0 Å². The molecule has 1 aliphatic rings. The van der Waals surface area contributed by atoms with E-state index in [2.05, 4.69) is 11.6 Å². The lowest BCUT2D eigenvalue weighted by Crippen LogP contribution is -2.26. The summed E-state index contributed by atoms with van der Waals surface area (Å²) in [5.74, 6) is -0.935. The third kappa shape index (κ3) is 4.49. The van der Waals surface area contributed by atoms with Gasteiger partial charge in [-0.2, -0.15) is 0 Å². The standard InChI is InChI=1S/C5H10N2O.C4H6O2/c1-2-7-4-3-6-5(7)8;1-3(2)4(5)6/h2-4H2,1H3,(H,6,8);1H2,2H3,(H,5,6). The third-order valence-corrected chi connectivity index (χ3v) is 1.65. The lowest BCUT2D eigenvalue weighted by Gasteiger charge is -2.11. The number of carboxylic acids is 1. The number of carboxylic acid groups (broad SMARTS) is 1. The van der Waals surface area contributed by atoms with Gasteiger partial charge in [0.15, 0.2) is 0 Å². The van der Waals surface area contributed by atoms with Gasteiger partial charge in [0.1, 0.15) is 0 Å². The van der Waals surface area contributed by atoms with Gasteiger partial charge >= 0.3 is 5.97 Å². The molecule has 0 unspecified atom stereocenters. The van der Waals surface area contributed by atoms with E-state index in [4.69, 9.17) is 10.2 Å². The first-order valence-electron chi connectivity index (χ1n) is 4.36. The Labute approximate surface area is 83.4 Å². The molecule has 0 radical (unpaired) electrons. The first kappa shape index (κ1) is 12.5. The quantitative estimate of drug-likeness (QED) is 0.649. The monoisotopic (exact) mass is 200 g/mol. The lowest BCUT2D eigenvalue weighted by atomic mass is 10.4. The van der Waals surface area contributed by atoms with Crippen LogP contribution in [0.15, 0.2) is 17.1 Å². The average Bonchev–Trinajstić information content (AvgIpc) is 2.51. The van der Waals surface area contributed by atoms with E-state index in [1.165, 1.54) is 6.92 Å². The first-order valence-corrected chi connectivity index (χ1v) is 4.36. The van der Waals surface area contributed by atoms with Gasteiger partial charge in [0.2, 0.25) is 0 Å². The molecular weight excluding hydrogens is 184 g/mol. The predicted molar refractivity (Wildman–Crippen MR) is 54.6 cm³/mol. The number of likely N-dealkylation sites (N-methyl/N-ethyl adjacent to an activating group) is 1. The predicted octanol–water partition coefficient (Wildman–Crippen LogP) is 0.883. The van der Waals surface area contributed by atoms with E-state index >= 15 is 0 Å². The van der Waals surface area contributed by atoms with Crippen LogP contribution < -0.4 is 0 Å². The number of nitrogens with zero attached hydrogens (tertiary/aromatic N) is 2. The highest BCUT2D eigenvalue weighted by molar-refractivity contribution is 5.84. The van der Waals surface area contributed by atoms with Crippen LogP contribution in [0.3, 0.4) is 0 Å². The van der Waals surface area contributed by atoms with Gasteiger partial charge in [0.25, 0.3) is 6.02 Å². The van der Waals surface area contributed by atoms with E-state index in [1.807, 2.05) is 11.8 Å². The highest BCUT2D eigenvalue weighted by atomic mass is 16.4. The van der Waals surface area contributed by atoms with Crippen molar-refractivity contribution in [3.05, 3.63) is 12.2 Å². The van der Waals surface area contributed by atoms with Crippen molar-refractivity contribution in [1.82, 2.24) is 4.90 Å². The summed E-state index contributed by atoms with van der Waals surface area (Å²) in [7, 11) is 0. The molecule has 0 fully saturated rings. The minimum Gasteiger partial charge on any atom is -0.481 e. The van der Waals surface area contributed by atoms with Crippen LogP contribution in [0.5, 0.6) is 0 Å². The fourth-order valence-electron chi connectivity index (χ4n) is 0.770. The Morgan fingerprint density at radius 1 is 1.71 bits per heavy atom. The second-order valence-electron chi connectivity index (χ2n) is 2.85. The number of hydrogen-bond acceptors (Lipinski definition) is 3. The molecule has 2 N–H and O–H groups in total. The molecule has 0 spiro atoms. The van der Waals surface area contributed by atoms with Gasteiger partial charge in [0.05, 0.1) is 6.54 Å². The molecule has 0 aromatic rings. The van der Waals surface area contributed by atoms with E-state index in [9.17, 15) is 4.79 Å². The highest BCUT2D eigenvalue weighted by Gasteiger charge is 2.11. The van der Waals surface area contributed by atoms with Gasteiger partial charge < -0.3 is 15.1 Å². The highest BCUT2D eigenvalue weighted by Crippen LogP contribution is 1.96. The van der Waals surface area contributed by atoms with Crippen molar-refractivity contribution >= 4 is 12.0 Å². The van der Waals surface area contributed by atoms with Crippen LogP contribution in [0.25, 0.3) is 0 Å². The molecule has 0 aromatic heterocycles. The first-order chi connectivity index (χ1) is 6.49. The molecular formula is C9H16N2O3. The maximum Gasteiger partial charge on any atom is 0.330 e. The Hall–Kier alpha value is -1.52. The summed E-state index contributed by atoms with van der Waals surface area (Å²) in [4.78, 5) is 15.2. The molecule has 0 aromatic carbocycles. The Morgan fingerprint density at radius 2 is 2.21 bits per heavy atom. The lowest BCUT2D eigenvalue weighted by molar-refractivity contribution is -0.132. The number of aliphatic hydroxyl groups excluding tert-OH is 1. The van der Waals surface area contributed by atoms with E-state index in [0.717, 1.165) is 19.6 Å². The van der Waals surface area contributed by atoms with Crippen LogP contribution in [0.2, 0.25) is 0 Å². The van der Waals surface area contributed by atoms with E-state index in [1.54, 1.807) is 0 Å². The molecule has 1 heterocycles. The molecule has 0 atom stereocenters. The molecule has 80 valence electrons. The Kier molecular flexibility index (Phi) is 5.36. The van der Waals surface area contributed by atoms with Gasteiger partial charge in [-0.15, -0.1) is 0 Å². The topological polar surface area (TPSA) is 73.1 Å². The molecule has 5 heteroatoms. The molecule has 14 heavy (non-hydrogen) atoms. The number of carbonyl (C=O) groups is 1. The van der Waals surface area contributed by atoms with Crippen molar-refractivity contribution in [3.63, 3.8) is 0 Å². The summed E-state index contributed by atoms with van der Waals surface area (Å²) in [6.45, 7) is 9.08. The number of aliphatic carboxylic acids is 1. The zero-order chi connectivity index (χ0) is 11.1. The molecule has 0 bridgehead atoms. The molecule has 0 saturated carbocycles. The number of rotatable bonds is 2. The Balaban J connectivity index is 0.000000255. The van der Waals surface area contributed by atoms with E-state index in [-0.39, 0.29) is 11.6 Å². The normalized spacial score (nSPS) is 14.1. The minimum atomic E-state index is -0.935. The third-order valence-electron chi connectivity index (χ3n) is 1.65. The van der Waals surface area contributed by atoms with Crippen molar-refractivity contribution in [2.24, 2.45) is 4.99 Å². The summed E-state index contributed by atoms with van der Waals surface area (Å²) in [6, 6.07) is 0.201.